The van der Waals surface area contributed by atoms with E-state index in [4.69, 9.17) is 10.8 Å². The molecule has 0 heterocycles. The van der Waals surface area contributed by atoms with Crippen molar-refractivity contribution in [1.29, 1.82) is 0 Å². The third-order valence-corrected chi connectivity index (χ3v) is 1.79. The minimum absolute atomic E-state index is 0. The number of carbonyl (C=O) groups is 1. The van der Waals surface area contributed by atoms with E-state index in [1.54, 1.807) is 0 Å². The fourth-order valence-electron chi connectivity index (χ4n) is 0.706. The summed E-state index contributed by atoms with van der Waals surface area (Å²) in [6.07, 6.45) is 1.02. The Balaban J connectivity index is 0. The van der Waals surface area contributed by atoms with E-state index in [9.17, 15) is 4.79 Å². The molecular weight excluding hydrogens is 166 g/mol. The number of hydrogen-bond donors (Lipinski definition) is 2. The standard InChI is InChI=1S/C7H15NO2.ClH/c1-3-5(2)6(8)4-7(9)10;/h5-6H,3-4,8H2,1-2H3,(H,9,10);1H. The Hall–Kier alpha value is -0.280. The molecule has 0 aliphatic rings. The van der Waals surface area contributed by atoms with E-state index in [0.717, 1.165) is 6.42 Å². The van der Waals surface area contributed by atoms with E-state index in [-0.39, 0.29) is 24.9 Å². The topological polar surface area (TPSA) is 63.3 Å². The van der Waals surface area contributed by atoms with Crippen molar-refractivity contribution in [3.63, 3.8) is 0 Å². The molecular formula is C7H16ClNO2. The molecule has 0 aliphatic heterocycles. The van der Waals surface area contributed by atoms with Gasteiger partial charge in [0.25, 0.3) is 0 Å². The van der Waals surface area contributed by atoms with Crippen molar-refractivity contribution in [1.82, 2.24) is 0 Å². The summed E-state index contributed by atoms with van der Waals surface area (Å²) in [4.78, 5) is 10.2. The van der Waals surface area contributed by atoms with Crippen molar-refractivity contribution in [2.24, 2.45) is 11.7 Å². The Kier molecular flexibility index (Phi) is 7.79. The van der Waals surface area contributed by atoms with Crippen LogP contribution in [0.3, 0.4) is 0 Å². The predicted octanol–water partition coefficient (Wildman–Crippen LogP) is 1.26. The molecule has 0 saturated carbocycles. The summed E-state index contributed by atoms with van der Waals surface area (Å²) in [7, 11) is 0. The monoisotopic (exact) mass is 181 g/mol. The molecule has 0 rings (SSSR count). The molecule has 0 saturated heterocycles. The number of aliphatic carboxylic acids is 1. The summed E-state index contributed by atoms with van der Waals surface area (Å²) in [6.45, 7) is 3.97. The molecule has 2 unspecified atom stereocenters. The molecule has 11 heavy (non-hydrogen) atoms. The van der Waals surface area contributed by atoms with Crippen LogP contribution in [-0.2, 0) is 4.79 Å². The first-order chi connectivity index (χ1) is 4.57. The number of rotatable bonds is 4. The Morgan fingerprint density at radius 2 is 2.09 bits per heavy atom. The average molecular weight is 182 g/mol. The van der Waals surface area contributed by atoms with Gasteiger partial charge in [0.05, 0.1) is 6.42 Å². The Morgan fingerprint density at radius 1 is 1.64 bits per heavy atom. The lowest BCUT2D eigenvalue weighted by Gasteiger charge is -2.15. The zero-order valence-corrected chi connectivity index (χ0v) is 7.73. The van der Waals surface area contributed by atoms with Gasteiger partial charge < -0.3 is 10.8 Å². The number of hydrogen-bond acceptors (Lipinski definition) is 2. The van der Waals surface area contributed by atoms with E-state index in [2.05, 4.69) is 0 Å². The number of nitrogens with two attached hydrogens (primary N) is 1. The van der Waals surface area contributed by atoms with Gasteiger partial charge in [-0.05, 0) is 5.92 Å². The Bertz CT molecular complexity index is 119. The molecule has 68 valence electrons. The fraction of sp³-hybridized carbons (Fsp3) is 0.857. The first-order valence-corrected chi connectivity index (χ1v) is 3.55. The van der Waals surface area contributed by atoms with Crippen molar-refractivity contribution >= 4 is 18.4 Å². The molecule has 0 bridgehead atoms. The van der Waals surface area contributed by atoms with Gasteiger partial charge >= 0.3 is 5.97 Å². The van der Waals surface area contributed by atoms with Crippen LogP contribution in [0.5, 0.6) is 0 Å². The largest absolute Gasteiger partial charge is 0.481 e. The van der Waals surface area contributed by atoms with Crippen LogP contribution >= 0.6 is 12.4 Å². The van der Waals surface area contributed by atoms with E-state index < -0.39 is 5.97 Å². The van der Waals surface area contributed by atoms with Crippen LogP contribution in [-0.4, -0.2) is 17.1 Å². The first kappa shape index (κ1) is 13.3. The summed E-state index contributed by atoms with van der Waals surface area (Å²) in [5, 5.41) is 8.35. The van der Waals surface area contributed by atoms with Crippen LogP contribution < -0.4 is 5.73 Å². The quantitative estimate of drug-likeness (QED) is 0.687. The van der Waals surface area contributed by atoms with E-state index in [1.165, 1.54) is 0 Å². The molecule has 0 aliphatic carbocycles. The van der Waals surface area contributed by atoms with Crippen LogP contribution in [0.15, 0.2) is 0 Å². The molecule has 4 heteroatoms. The molecule has 3 N–H and O–H groups in total. The summed E-state index contributed by atoms with van der Waals surface area (Å²) in [5.41, 5.74) is 5.55. The van der Waals surface area contributed by atoms with Crippen LogP contribution in [0.1, 0.15) is 26.7 Å². The van der Waals surface area contributed by atoms with Crippen LogP contribution in [0.4, 0.5) is 0 Å². The van der Waals surface area contributed by atoms with Gasteiger partial charge in [-0.3, -0.25) is 4.79 Å². The lowest BCUT2D eigenvalue weighted by atomic mass is 9.98. The Labute approximate surface area is 73.4 Å². The van der Waals surface area contributed by atoms with Gasteiger partial charge in [-0.25, -0.2) is 0 Å². The molecule has 0 aromatic heterocycles. The third-order valence-electron chi connectivity index (χ3n) is 1.79. The maximum absolute atomic E-state index is 10.2. The maximum Gasteiger partial charge on any atom is 0.304 e. The number of carboxylic acid groups (broad SMARTS) is 1. The summed E-state index contributed by atoms with van der Waals surface area (Å²) >= 11 is 0. The number of carboxylic acids is 1. The highest BCUT2D eigenvalue weighted by Gasteiger charge is 2.13. The molecule has 0 fully saturated rings. The third kappa shape index (κ3) is 6.13. The van der Waals surface area contributed by atoms with Crippen LogP contribution in [0.2, 0.25) is 0 Å². The Morgan fingerprint density at radius 3 is 2.36 bits per heavy atom. The van der Waals surface area contributed by atoms with Gasteiger partial charge in [0.15, 0.2) is 0 Å². The predicted molar refractivity (Wildman–Crippen MR) is 46.9 cm³/mol. The van der Waals surface area contributed by atoms with Gasteiger partial charge in [-0.1, -0.05) is 20.3 Å². The average Bonchev–Trinajstić information content (AvgIpc) is 1.85. The molecule has 0 radical (unpaired) electrons. The van der Waals surface area contributed by atoms with Crippen molar-refractivity contribution in [2.45, 2.75) is 32.7 Å². The van der Waals surface area contributed by atoms with Crippen molar-refractivity contribution < 1.29 is 9.90 Å². The molecule has 0 aromatic rings. The first-order valence-electron chi connectivity index (χ1n) is 3.55. The zero-order valence-electron chi connectivity index (χ0n) is 6.91. The molecule has 0 amide bonds. The summed E-state index contributed by atoms with van der Waals surface area (Å²) in [6, 6.07) is -0.192. The van der Waals surface area contributed by atoms with Gasteiger partial charge in [0.1, 0.15) is 0 Å². The fourth-order valence-corrected chi connectivity index (χ4v) is 0.706. The molecule has 3 nitrogen and oxygen atoms in total. The molecule has 0 spiro atoms. The lowest BCUT2D eigenvalue weighted by Crippen LogP contribution is -2.30. The molecule has 2 atom stereocenters. The van der Waals surface area contributed by atoms with E-state index >= 15 is 0 Å². The van der Waals surface area contributed by atoms with Crippen molar-refractivity contribution in [2.75, 3.05) is 0 Å². The van der Waals surface area contributed by atoms with Crippen LogP contribution in [0.25, 0.3) is 0 Å². The van der Waals surface area contributed by atoms with Gasteiger partial charge in [0.2, 0.25) is 0 Å². The van der Waals surface area contributed by atoms with Gasteiger partial charge in [-0.2, -0.15) is 0 Å². The van der Waals surface area contributed by atoms with Crippen molar-refractivity contribution in [3.05, 3.63) is 0 Å². The molecule has 0 aromatic carbocycles. The van der Waals surface area contributed by atoms with Gasteiger partial charge in [-0.15, -0.1) is 12.4 Å². The highest BCUT2D eigenvalue weighted by Crippen LogP contribution is 2.07. The number of halogens is 1. The van der Waals surface area contributed by atoms with Crippen LogP contribution in [0, 0.1) is 5.92 Å². The zero-order chi connectivity index (χ0) is 8.15. The van der Waals surface area contributed by atoms with Crippen molar-refractivity contribution in [3.8, 4) is 0 Å². The summed E-state index contributed by atoms with van der Waals surface area (Å²) < 4.78 is 0. The highest BCUT2D eigenvalue weighted by atomic mass is 35.5. The van der Waals surface area contributed by atoms with Gasteiger partial charge in [0, 0.05) is 6.04 Å². The second kappa shape index (κ2) is 6.43. The second-order valence-electron chi connectivity index (χ2n) is 2.65. The second-order valence-corrected chi connectivity index (χ2v) is 2.65. The minimum atomic E-state index is -0.812. The normalized spacial score (nSPS) is 14.8. The lowest BCUT2D eigenvalue weighted by molar-refractivity contribution is -0.137. The van der Waals surface area contributed by atoms with E-state index in [1.807, 2.05) is 13.8 Å². The smallest absolute Gasteiger partial charge is 0.304 e. The SMILES string of the molecule is CCC(C)C(N)CC(=O)O.Cl. The highest BCUT2D eigenvalue weighted by molar-refractivity contribution is 5.85. The maximum atomic E-state index is 10.2. The summed E-state index contributed by atoms with van der Waals surface area (Å²) in [5.74, 6) is -0.510. The minimum Gasteiger partial charge on any atom is -0.481 e. The van der Waals surface area contributed by atoms with E-state index in [0.29, 0.717) is 5.92 Å².